The Morgan fingerprint density at radius 1 is 0.848 bits per heavy atom. The first-order chi connectivity index (χ1) is 15.9. The molecular formula is C27H33N3O3. The molecule has 0 bridgehead atoms. The van der Waals surface area contributed by atoms with E-state index in [9.17, 15) is 14.4 Å². The highest BCUT2D eigenvalue weighted by Gasteiger charge is 2.37. The first-order valence-corrected chi connectivity index (χ1v) is 12.0. The number of hydrogen-bond donors (Lipinski definition) is 1. The van der Waals surface area contributed by atoms with Gasteiger partial charge in [-0.15, -0.1) is 0 Å². The zero-order chi connectivity index (χ0) is 23.4. The summed E-state index contributed by atoms with van der Waals surface area (Å²) in [6.07, 6.45) is 3.40. The summed E-state index contributed by atoms with van der Waals surface area (Å²) in [5.74, 6) is -0.158. The maximum atomic E-state index is 13.4. The third-order valence-corrected chi connectivity index (χ3v) is 6.96. The van der Waals surface area contributed by atoms with Crippen molar-refractivity contribution in [1.82, 2.24) is 15.1 Å². The van der Waals surface area contributed by atoms with E-state index in [-0.39, 0.29) is 23.6 Å². The third kappa shape index (κ3) is 5.27. The Morgan fingerprint density at radius 3 is 2.12 bits per heavy atom. The minimum Gasteiger partial charge on any atom is -0.341 e. The van der Waals surface area contributed by atoms with Crippen LogP contribution >= 0.6 is 0 Å². The van der Waals surface area contributed by atoms with E-state index in [0.717, 1.165) is 37.1 Å². The molecular weight excluding hydrogens is 414 g/mol. The first-order valence-electron chi connectivity index (χ1n) is 12.0. The third-order valence-electron chi connectivity index (χ3n) is 6.96. The molecule has 0 aromatic heterocycles. The summed E-state index contributed by atoms with van der Waals surface area (Å²) < 4.78 is 0. The molecule has 6 nitrogen and oxygen atoms in total. The van der Waals surface area contributed by atoms with E-state index >= 15 is 0 Å². The number of hydrogen-bond acceptors (Lipinski definition) is 3. The highest BCUT2D eigenvalue weighted by atomic mass is 16.2. The summed E-state index contributed by atoms with van der Waals surface area (Å²) >= 11 is 0. The van der Waals surface area contributed by atoms with Crippen molar-refractivity contribution >= 4 is 17.7 Å². The quantitative estimate of drug-likeness (QED) is 0.762. The smallest absolute Gasteiger partial charge is 0.253 e. The van der Waals surface area contributed by atoms with Crippen LogP contribution in [-0.4, -0.2) is 59.7 Å². The number of aryl methyl sites for hydroxylation is 2. The van der Waals surface area contributed by atoms with Gasteiger partial charge in [0.1, 0.15) is 6.04 Å². The Bertz CT molecular complexity index is 1000. The van der Waals surface area contributed by atoms with Gasteiger partial charge < -0.3 is 15.1 Å². The summed E-state index contributed by atoms with van der Waals surface area (Å²) in [5.41, 5.74) is 3.30. The van der Waals surface area contributed by atoms with E-state index < -0.39 is 6.04 Å². The highest BCUT2D eigenvalue weighted by molar-refractivity contribution is 5.99. The van der Waals surface area contributed by atoms with Gasteiger partial charge in [-0.25, -0.2) is 0 Å². The predicted molar refractivity (Wildman–Crippen MR) is 128 cm³/mol. The number of likely N-dealkylation sites (tertiary alicyclic amines) is 2. The average molecular weight is 448 g/mol. The van der Waals surface area contributed by atoms with Gasteiger partial charge in [0.05, 0.1) is 0 Å². The Labute approximate surface area is 196 Å². The van der Waals surface area contributed by atoms with Crippen molar-refractivity contribution in [3.05, 3.63) is 70.8 Å². The van der Waals surface area contributed by atoms with Gasteiger partial charge in [0.2, 0.25) is 5.91 Å². The van der Waals surface area contributed by atoms with Crippen LogP contribution in [0.15, 0.2) is 48.5 Å². The van der Waals surface area contributed by atoms with E-state index in [0.29, 0.717) is 37.1 Å². The lowest BCUT2D eigenvalue weighted by molar-refractivity contribution is -0.134. The van der Waals surface area contributed by atoms with Gasteiger partial charge >= 0.3 is 0 Å². The molecule has 6 heteroatoms. The standard InChI is InChI=1S/C27H33N3O3/c1-19-9-11-22(12-10-19)26(32)30-17-13-21(14-18-30)24(27(33)29-15-5-6-16-29)28-25(31)23-8-4-3-7-20(23)2/h3-4,7-12,21,24H,5-6,13-18H2,1-2H3,(H,28,31). The molecule has 2 aromatic carbocycles. The van der Waals surface area contributed by atoms with Gasteiger partial charge in [-0.05, 0) is 69.2 Å². The van der Waals surface area contributed by atoms with Gasteiger partial charge in [-0.1, -0.05) is 35.9 Å². The second-order valence-corrected chi connectivity index (χ2v) is 9.29. The summed E-state index contributed by atoms with van der Waals surface area (Å²) in [6, 6.07) is 14.5. The van der Waals surface area contributed by atoms with Crippen molar-refractivity contribution in [2.24, 2.45) is 5.92 Å². The molecule has 2 fully saturated rings. The van der Waals surface area contributed by atoms with Crippen LogP contribution < -0.4 is 5.32 Å². The van der Waals surface area contributed by atoms with Crippen LogP contribution in [-0.2, 0) is 4.79 Å². The van der Waals surface area contributed by atoms with Crippen LogP contribution in [0.1, 0.15) is 57.5 Å². The number of benzene rings is 2. The molecule has 2 aliphatic heterocycles. The lowest BCUT2D eigenvalue weighted by Gasteiger charge is -2.37. The molecule has 4 rings (SSSR count). The summed E-state index contributed by atoms with van der Waals surface area (Å²) in [4.78, 5) is 43.1. The van der Waals surface area contributed by atoms with Crippen molar-refractivity contribution in [1.29, 1.82) is 0 Å². The highest BCUT2D eigenvalue weighted by Crippen LogP contribution is 2.25. The van der Waals surface area contributed by atoms with Crippen molar-refractivity contribution in [3.8, 4) is 0 Å². The second kappa shape index (κ2) is 10.2. The molecule has 2 saturated heterocycles. The lowest BCUT2D eigenvalue weighted by Crippen LogP contribution is -2.54. The molecule has 0 saturated carbocycles. The number of carbonyl (C=O) groups excluding carboxylic acids is 3. The summed E-state index contributed by atoms with van der Waals surface area (Å²) in [7, 11) is 0. The second-order valence-electron chi connectivity index (χ2n) is 9.29. The average Bonchev–Trinajstić information content (AvgIpc) is 3.38. The molecule has 1 atom stereocenters. The predicted octanol–water partition coefficient (Wildman–Crippen LogP) is 3.58. The topological polar surface area (TPSA) is 69.7 Å². The maximum absolute atomic E-state index is 13.4. The molecule has 1 N–H and O–H groups in total. The summed E-state index contributed by atoms with van der Waals surface area (Å²) in [6.45, 7) is 6.58. The van der Waals surface area contributed by atoms with E-state index in [2.05, 4.69) is 5.32 Å². The largest absolute Gasteiger partial charge is 0.341 e. The fourth-order valence-corrected chi connectivity index (χ4v) is 4.88. The fourth-order valence-electron chi connectivity index (χ4n) is 4.88. The molecule has 0 radical (unpaired) electrons. The van der Waals surface area contributed by atoms with Crippen molar-refractivity contribution in [3.63, 3.8) is 0 Å². The van der Waals surface area contributed by atoms with Crippen molar-refractivity contribution in [2.45, 2.75) is 45.6 Å². The van der Waals surface area contributed by atoms with Gasteiger partial charge in [0.25, 0.3) is 11.8 Å². The van der Waals surface area contributed by atoms with Crippen LogP contribution in [0.25, 0.3) is 0 Å². The Kier molecular flexibility index (Phi) is 7.11. The molecule has 0 spiro atoms. The summed E-state index contributed by atoms with van der Waals surface area (Å²) in [5, 5.41) is 3.07. The molecule has 3 amide bonds. The molecule has 33 heavy (non-hydrogen) atoms. The molecule has 1 unspecified atom stereocenters. The molecule has 2 aliphatic rings. The first kappa shape index (κ1) is 23.0. The van der Waals surface area contributed by atoms with E-state index in [1.54, 1.807) is 6.07 Å². The van der Waals surface area contributed by atoms with Crippen molar-refractivity contribution < 1.29 is 14.4 Å². The van der Waals surface area contributed by atoms with E-state index in [1.165, 1.54) is 0 Å². The normalized spacial score (nSPS) is 17.6. The molecule has 2 aromatic rings. The Hall–Kier alpha value is -3.15. The number of carbonyl (C=O) groups is 3. The van der Waals surface area contributed by atoms with Gasteiger partial charge in [-0.3, -0.25) is 14.4 Å². The molecule has 0 aliphatic carbocycles. The van der Waals surface area contributed by atoms with E-state index in [4.69, 9.17) is 0 Å². The lowest BCUT2D eigenvalue weighted by atomic mass is 9.87. The van der Waals surface area contributed by atoms with Crippen LogP contribution in [0.4, 0.5) is 0 Å². The van der Waals surface area contributed by atoms with Crippen LogP contribution in [0.5, 0.6) is 0 Å². The number of nitrogens with zero attached hydrogens (tertiary/aromatic N) is 2. The number of rotatable bonds is 5. The minimum atomic E-state index is -0.563. The maximum Gasteiger partial charge on any atom is 0.253 e. The zero-order valence-electron chi connectivity index (χ0n) is 19.5. The van der Waals surface area contributed by atoms with Gasteiger partial charge in [-0.2, -0.15) is 0 Å². The zero-order valence-corrected chi connectivity index (χ0v) is 19.5. The molecule has 174 valence electrons. The Balaban J connectivity index is 1.46. The number of piperidine rings is 1. The Morgan fingerprint density at radius 2 is 1.48 bits per heavy atom. The minimum absolute atomic E-state index is 0.00753. The van der Waals surface area contributed by atoms with Crippen LogP contribution in [0, 0.1) is 19.8 Å². The van der Waals surface area contributed by atoms with Crippen LogP contribution in [0.2, 0.25) is 0 Å². The fraction of sp³-hybridized carbons (Fsp3) is 0.444. The van der Waals surface area contributed by atoms with E-state index in [1.807, 2.05) is 66.1 Å². The number of amides is 3. The van der Waals surface area contributed by atoms with Gasteiger partial charge in [0.15, 0.2) is 0 Å². The van der Waals surface area contributed by atoms with Gasteiger partial charge in [0, 0.05) is 37.3 Å². The number of nitrogens with one attached hydrogen (secondary N) is 1. The molecule has 2 heterocycles. The van der Waals surface area contributed by atoms with Crippen LogP contribution in [0.3, 0.4) is 0 Å². The van der Waals surface area contributed by atoms with Crippen molar-refractivity contribution in [2.75, 3.05) is 26.2 Å². The monoisotopic (exact) mass is 447 g/mol. The SMILES string of the molecule is Cc1ccc(C(=O)N2CCC(C(NC(=O)c3ccccc3C)C(=O)N3CCCC3)CC2)cc1.